The fraction of sp³-hybridized carbons (Fsp3) is 0.462. The van der Waals surface area contributed by atoms with Crippen LogP contribution in [-0.4, -0.2) is 50.2 Å². The summed E-state index contributed by atoms with van der Waals surface area (Å²) in [5, 5.41) is 0.0599. The summed E-state index contributed by atoms with van der Waals surface area (Å²) < 4.78 is 27.6. The lowest BCUT2D eigenvalue weighted by Crippen LogP contribution is -2.45. The van der Waals surface area contributed by atoms with Crippen molar-refractivity contribution in [2.45, 2.75) is 23.8 Å². The van der Waals surface area contributed by atoms with Crippen molar-refractivity contribution in [2.24, 2.45) is 0 Å². The van der Waals surface area contributed by atoms with Gasteiger partial charge in [-0.15, -0.1) is 0 Å². The van der Waals surface area contributed by atoms with E-state index in [9.17, 15) is 13.2 Å². The normalized spacial score (nSPS) is 19.4. The number of halogens is 3. The number of sulfonamides is 1. The lowest BCUT2D eigenvalue weighted by molar-refractivity contribution is -0.132. The molecule has 0 aromatic heterocycles. The predicted octanol–water partition coefficient (Wildman–Crippen LogP) is 3.00. The highest BCUT2D eigenvalue weighted by atomic mass is 79.9. The summed E-state index contributed by atoms with van der Waals surface area (Å²) in [5.74, 6) is -0.245. The van der Waals surface area contributed by atoms with E-state index in [1.54, 1.807) is 14.1 Å². The third-order valence-electron chi connectivity index (χ3n) is 3.46. The molecule has 0 spiro atoms. The first-order valence-corrected chi connectivity index (χ1v) is 9.52. The lowest BCUT2D eigenvalue weighted by Gasteiger charge is -2.26. The van der Waals surface area contributed by atoms with Gasteiger partial charge < -0.3 is 4.90 Å². The number of likely N-dealkylation sites (N-methyl/N-ethyl adjacent to an activating group) is 1. The molecule has 1 aromatic rings. The molecule has 1 saturated heterocycles. The van der Waals surface area contributed by atoms with Gasteiger partial charge in [0.15, 0.2) is 0 Å². The quantitative estimate of drug-likeness (QED) is 0.741. The van der Waals surface area contributed by atoms with Crippen LogP contribution in [0.2, 0.25) is 10.0 Å². The minimum atomic E-state index is -3.94. The van der Waals surface area contributed by atoms with Gasteiger partial charge in [0, 0.05) is 25.1 Å². The highest BCUT2D eigenvalue weighted by Crippen LogP contribution is 2.37. The van der Waals surface area contributed by atoms with E-state index in [1.807, 2.05) is 0 Å². The third-order valence-corrected chi connectivity index (χ3v) is 6.75. The maximum absolute atomic E-state index is 12.9. The summed E-state index contributed by atoms with van der Waals surface area (Å²) in [7, 11) is -0.739. The molecule has 0 radical (unpaired) electrons. The molecule has 1 amide bonds. The Morgan fingerprint density at radius 3 is 2.36 bits per heavy atom. The van der Waals surface area contributed by atoms with Gasteiger partial charge in [-0.25, -0.2) is 8.42 Å². The highest BCUT2D eigenvalue weighted by molar-refractivity contribution is 9.10. The summed E-state index contributed by atoms with van der Waals surface area (Å²) in [6.07, 6.45) is 1.11. The van der Waals surface area contributed by atoms with Crippen LogP contribution in [0.5, 0.6) is 0 Å². The van der Waals surface area contributed by atoms with E-state index in [-0.39, 0.29) is 27.4 Å². The zero-order valence-corrected chi connectivity index (χ0v) is 15.9. The van der Waals surface area contributed by atoms with E-state index in [2.05, 4.69) is 15.9 Å². The van der Waals surface area contributed by atoms with E-state index in [0.29, 0.717) is 17.3 Å². The van der Waals surface area contributed by atoms with Crippen molar-refractivity contribution < 1.29 is 13.2 Å². The van der Waals surface area contributed by atoms with Gasteiger partial charge in [0.2, 0.25) is 15.9 Å². The molecule has 5 nitrogen and oxygen atoms in total. The van der Waals surface area contributed by atoms with Crippen LogP contribution in [0.4, 0.5) is 0 Å². The maximum Gasteiger partial charge on any atom is 0.246 e. The zero-order chi connectivity index (χ0) is 16.7. The summed E-state index contributed by atoms with van der Waals surface area (Å²) >= 11 is 15.4. The second-order valence-electron chi connectivity index (χ2n) is 5.21. The molecule has 1 aromatic carbocycles. The molecular formula is C13H15BrCl2N2O3S. The molecule has 1 heterocycles. The van der Waals surface area contributed by atoms with Crippen LogP contribution in [0.15, 0.2) is 21.5 Å². The van der Waals surface area contributed by atoms with Crippen molar-refractivity contribution in [1.29, 1.82) is 0 Å². The molecule has 0 N–H and O–H groups in total. The number of amides is 1. The first-order valence-electron chi connectivity index (χ1n) is 6.54. The summed E-state index contributed by atoms with van der Waals surface area (Å²) in [6.45, 7) is 0.273. The maximum atomic E-state index is 12.9. The molecule has 1 aliphatic rings. The van der Waals surface area contributed by atoms with Gasteiger partial charge in [0.05, 0.1) is 10.0 Å². The molecule has 1 unspecified atom stereocenters. The van der Waals surface area contributed by atoms with Crippen molar-refractivity contribution >= 4 is 55.1 Å². The number of nitrogens with zero attached hydrogens (tertiary/aromatic N) is 2. The Balaban J connectivity index is 2.49. The van der Waals surface area contributed by atoms with E-state index < -0.39 is 16.1 Å². The molecule has 0 bridgehead atoms. The van der Waals surface area contributed by atoms with Crippen LogP contribution >= 0.6 is 39.1 Å². The van der Waals surface area contributed by atoms with E-state index in [1.165, 1.54) is 21.3 Å². The van der Waals surface area contributed by atoms with Crippen LogP contribution in [0.1, 0.15) is 12.8 Å². The number of benzene rings is 1. The molecule has 0 saturated carbocycles. The molecular weight excluding hydrogens is 415 g/mol. The average Bonchev–Trinajstić information content (AvgIpc) is 2.85. The molecule has 1 fully saturated rings. The third kappa shape index (κ3) is 3.28. The van der Waals surface area contributed by atoms with Crippen LogP contribution in [0.3, 0.4) is 0 Å². The smallest absolute Gasteiger partial charge is 0.246 e. The first kappa shape index (κ1) is 18.0. The van der Waals surface area contributed by atoms with Crippen molar-refractivity contribution in [1.82, 2.24) is 9.21 Å². The highest BCUT2D eigenvalue weighted by Gasteiger charge is 2.41. The number of rotatable bonds is 3. The second-order valence-corrected chi connectivity index (χ2v) is 8.76. The van der Waals surface area contributed by atoms with Gasteiger partial charge in [-0.2, -0.15) is 4.31 Å². The van der Waals surface area contributed by atoms with Crippen LogP contribution in [-0.2, 0) is 14.8 Å². The zero-order valence-electron chi connectivity index (χ0n) is 12.0. The minimum Gasteiger partial charge on any atom is -0.347 e. The van der Waals surface area contributed by atoms with Gasteiger partial charge >= 0.3 is 0 Å². The molecule has 1 aliphatic heterocycles. The van der Waals surface area contributed by atoms with Gasteiger partial charge in [0.25, 0.3) is 0 Å². The summed E-state index contributed by atoms with van der Waals surface area (Å²) in [5.41, 5.74) is 0. The fourth-order valence-corrected chi connectivity index (χ4v) is 6.00. The number of hydrogen-bond donors (Lipinski definition) is 0. The van der Waals surface area contributed by atoms with Crippen molar-refractivity contribution in [3.8, 4) is 0 Å². The SMILES string of the molecule is CN(C)C(=O)C1CCCN1S(=O)(=O)c1c(Cl)cc(Br)cc1Cl. The average molecular weight is 430 g/mol. The number of hydrogen-bond acceptors (Lipinski definition) is 3. The molecule has 9 heteroatoms. The van der Waals surface area contributed by atoms with Gasteiger partial charge in [-0.3, -0.25) is 4.79 Å². The Hall–Kier alpha value is -0.340. The Kier molecular flexibility index (Phi) is 5.44. The molecule has 2 rings (SSSR count). The molecule has 122 valence electrons. The second kappa shape index (κ2) is 6.65. The van der Waals surface area contributed by atoms with Crippen LogP contribution < -0.4 is 0 Å². The Morgan fingerprint density at radius 1 is 1.32 bits per heavy atom. The fourth-order valence-electron chi connectivity index (χ4n) is 2.47. The topological polar surface area (TPSA) is 57.7 Å². The number of carbonyl (C=O) groups is 1. The van der Waals surface area contributed by atoms with Gasteiger partial charge in [0.1, 0.15) is 10.9 Å². The number of carbonyl (C=O) groups excluding carboxylic acids is 1. The lowest BCUT2D eigenvalue weighted by atomic mass is 10.2. The van der Waals surface area contributed by atoms with E-state index in [0.717, 1.165) is 0 Å². The Labute approximate surface area is 148 Å². The van der Waals surface area contributed by atoms with Gasteiger partial charge in [-0.05, 0) is 25.0 Å². The predicted molar refractivity (Wildman–Crippen MR) is 89.8 cm³/mol. The first-order chi connectivity index (χ1) is 10.2. The monoisotopic (exact) mass is 428 g/mol. The Morgan fingerprint density at radius 2 is 1.86 bits per heavy atom. The standard InChI is InChI=1S/C13H15BrCl2N2O3S/c1-17(2)13(19)11-4-3-5-18(11)22(20,21)12-9(15)6-8(14)7-10(12)16/h6-7,11H,3-5H2,1-2H3. The van der Waals surface area contributed by atoms with Crippen LogP contribution in [0.25, 0.3) is 0 Å². The molecule has 22 heavy (non-hydrogen) atoms. The van der Waals surface area contributed by atoms with E-state index >= 15 is 0 Å². The van der Waals surface area contributed by atoms with Crippen molar-refractivity contribution in [3.05, 3.63) is 26.7 Å². The summed E-state index contributed by atoms with van der Waals surface area (Å²) in [6, 6.07) is 2.23. The minimum absolute atomic E-state index is 0.0299. The van der Waals surface area contributed by atoms with E-state index in [4.69, 9.17) is 23.2 Å². The Bertz CT molecular complexity index is 686. The molecule has 0 aliphatic carbocycles. The largest absolute Gasteiger partial charge is 0.347 e. The molecule has 1 atom stereocenters. The van der Waals surface area contributed by atoms with Gasteiger partial charge in [-0.1, -0.05) is 39.1 Å². The summed E-state index contributed by atoms with van der Waals surface area (Å²) in [4.78, 5) is 13.4. The van der Waals surface area contributed by atoms with Crippen molar-refractivity contribution in [3.63, 3.8) is 0 Å². The van der Waals surface area contributed by atoms with Crippen molar-refractivity contribution in [2.75, 3.05) is 20.6 Å². The van der Waals surface area contributed by atoms with Crippen LogP contribution in [0, 0.1) is 0 Å².